The second-order valence-corrected chi connectivity index (χ2v) is 5.51. The molecule has 98 valence electrons. The molecule has 1 aliphatic carbocycles. The van der Waals surface area contributed by atoms with Crippen molar-refractivity contribution in [3.05, 3.63) is 35.1 Å². The van der Waals surface area contributed by atoms with Gasteiger partial charge in [0.05, 0.1) is 0 Å². The second-order valence-electron chi connectivity index (χ2n) is 5.51. The van der Waals surface area contributed by atoms with Gasteiger partial charge in [0, 0.05) is 5.56 Å². The van der Waals surface area contributed by atoms with E-state index in [1.165, 1.54) is 18.2 Å². The molecule has 0 saturated heterocycles. The SMILES string of the molecule is Cc1cc(C(=O)C2(O)CCC(C)CC2)ccc1F. The Morgan fingerprint density at radius 1 is 1.39 bits per heavy atom. The average Bonchev–Trinajstić information content (AvgIpc) is 2.36. The Hall–Kier alpha value is -1.22. The summed E-state index contributed by atoms with van der Waals surface area (Å²) < 4.78 is 13.2. The van der Waals surface area contributed by atoms with Crippen LogP contribution in [0.15, 0.2) is 18.2 Å². The van der Waals surface area contributed by atoms with Crippen molar-refractivity contribution in [1.82, 2.24) is 0 Å². The number of benzene rings is 1. The van der Waals surface area contributed by atoms with Gasteiger partial charge in [-0.25, -0.2) is 4.39 Å². The Kier molecular flexibility index (Phi) is 3.53. The highest BCUT2D eigenvalue weighted by molar-refractivity contribution is 6.02. The summed E-state index contributed by atoms with van der Waals surface area (Å²) in [6.45, 7) is 3.76. The first-order valence-electron chi connectivity index (χ1n) is 6.46. The first-order chi connectivity index (χ1) is 8.42. The smallest absolute Gasteiger partial charge is 0.194 e. The summed E-state index contributed by atoms with van der Waals surface area (Å²) in [4.78, 5) is 12.3. The topological polar surface area (TPSA) is 37.3 Å². The van der Waals surface area contributed by atoms with E-state index in [-0.39, 0.29) is 11.6 Å². The number of aliphatic hydroxyl groups is 1. The number of aryl methyl sites for hydroxylation is 1. The molecule has 1 N–H and O–H groups in total. The van der Waals surface area contributed by atoms with Crippen LogP contribution < -0.4 is 0 Å². The fourth-order valence-electron chi connectivity index (χ4n) is 2.52. The molecule has 1 fully saturated rings. The largest absolute Gasteiger partial charge is 0.382 e. The van der Waals surface area contributed by atoms with E-state index in [1.54, 1.807) is 6.92 Å². The van der Waals surface area contributed by atoms with E-state index in [9.17, 15) is 14.3 Å². The van der Waals surface area contributed by atoms with Gasteiger partial charge in [0.15, 0.2) is 5.78 Å². The third-order valence-corrected chi connectivity index (χ3v) is 3.94. The Bertz CT molecular complexity index is 460. The Morgan fingerprint density at radius 2 is 2.00 bits per heavy atom. The van der Waals surface area contributed by atoms with Gasteiger partial charge in [0.1, 0.15) is 11.4 Å². The molecule has 0 amide bonds. The predicted octanol–water partition coefficient (Wildman–Crippen LogP) is 3.26. The zero-order valence-electron chi connectivity index (χ0n) is 10.9. The van der Waals surface area contributed by atoms with E-state index in [4.69, 9.17) is 0 Å². The monoisotopic (exact) mass is 250 g/mol. The number of rotatable bonds is 2. The van der Waals surface area contributed by atoms with E-state index >= 15 is 0 Å². The zero-order valence-corrected chi connectivity index (χ0v) is 10.9. The van der Waals surface area contributed by atoms with Crippen LogP contribution in [0.1, 0.15) is 48.5 Å². The van der Waals surface area contributed by atoms with Crippen LogP contribution in [0.5, 0.6) is 0 Å². The maximum Gasteiger partial charge on any atom is 0.194 e. The molecule has 18 heavy (non-hydrogen) atoms. The van der Waals surface area contributed by atoms with Gasteiger partial charge in [-0.2, -0.15) is 0 Å². The summed E-state index contributed by atoms with van der Waals surface area (Å²) in [7, 11) is 0. The normalized spacial score (nSPS) is 28.1. The van der Waals surface area contributed by atoms with Gasteiger partial charge in [0.25, 0.3) is 0 Å². The van der Waals surface area contributed by atoms with Crippen LogP contribution in [0.4, 0.5) is 4.39 Å². The summed E-state index contributed by atoms with van der Waals surface area (Å²) in [5.41, 5.74) is -0.406. The van der Waals surface area contributed by atoms with Gasteiger partial charge in [0.2, 0.25) is 0 Å². The molecule has 0 radical (unpaired) electrons. The fourth-order valence-corrected chi connectivity index (χ4v) is 2.52. The standard InChI is InChI=1S/C15H19FO2/c1-10-5-7-15(18,8-6-10)14(17)12-3-4-13(16)11(2)9-12/h3-4,9-10,18H,5-8H2,1-2H3. The third kappa shape index (κ3) is 2.46. The summed E-state index contributed by atoms with van der Waals surface area (Å²) >= 11 is 0. The van der Waals surface area contributed by atoms with Gasteiger partial charge in [-0.15, -0.1) is 0 Å². The zero-order chi connectivity index (χ0) is 13.3. The number of hydrogen-bond donors (Lipinski definition) is 1. The molecule has 0 aromatic heterocycles. The molecule has 0 bridgehead atoms. The van der Waals surface area contributed by atoms with Crippen molar-refractivity contribution in [2.75, 3.05) is 0 Å². The Labute approximate surface area is 107 Å². The summed E-state index contributed by atoms with van der Waals surface area (Å²) in [5, 5.41) is 10.4. The molecule has 2 nitrogen and oxygen atoms in total. The number of Topliss-reactive ketones (excluding diaryl/α,β-unsaturated/α-hetero) is 1. The van der Waals surface area contributed by atoms with Crippen LogP contribution in [-0.2, 0) is 0 Å². The highest BCUT2D eigenvalue weighted by Crippen LogP contribution is 2.34. The molecular formula is C15H19FO2. The van der Waals surface area contributed by atoms with E-state index < -0.39 is 5.60 Å². The second kappa shape index (κ2) is 4.81. The van der Waals surface area contributed by atoms with E-state index in [1.807, 2.05) is 0 Å². The molecular weight excluding hydrogens is 231 g/mol. The van der Waals surface area contributed by atoms with Crippen LogP contribution in [0.2, 0.25) is 0 Å². The number of ketones is 1. The summed E-state index contributed by atoms with van der Waals surface area (Å²) in [6.07, 6.45) is 2.73. The highest BCUT2D eigenvalue weighted by Gasteiger charge is 2.39. The third-order valence-electron chi connectivity index (χ3n) is 3.94. The molecule has 1 aromatic rings. The lowest BCUT2D eigenvalue weighted by molar-refractivity contribution is 0.00425. The average molecular weight is 250 g/mol. The van der Waals surface area contributed by atoms with Gasteiger partial charge in [-0.1, -0.05) is 6.92 Å². The molecule has 1 aromatic carbocycles. The van der Waals surface area contributed by atoms with E-state index in [2.05, 4.69) is 6.92 Å². The first kappa shape index (κ1) is 13.2. The maximum absolute atomic E-state index is 13.2. The van der Waals surface area contributed by atoms with Crippen LogP contribution in [0, 0.1) is 18.7 Å². The molecule has 0 heterocycles. The molecule has 1 aliphatic rings. The van der Waals surface area contributed by atoms with Crippen molar-refractivity contribution in [3.63, 3.8) is 0 Å². The van der Waals surface area contributed by atoms with Crippen LogP contribution >= 0.6 is 0 Å². The van der Waals surface area contributed by atoms with Crippen molar-refractivity contribution in [1.29, 1.82) is 0 Å². The van der Waals surface area contributed by atoms with Gasteiger partial charge >= 0.3 is 0 Å². The number of hydrogen-bond acceptors (Lipinski definition) is 2. The molecule has 0 unspecified atom stereocenters. The lowest BCUT2D eigenvalue weighted by Crippen LogP contribution is -2.41. The van der Waals surface area contributed by atoms with Crippen molar-refractivity contribution in [3.8, 4) is 0 Å². The lowest BCUT2D eigenvalue weighted by atomic mass is 9.75. The minimum absolute atomic E-state index is 0.266. The molecule has 3 heteroatoms. The first-order valence-corrected chi connectivity index (χ1v) is 6.46. The lowest BCUT2D eigenvalue weighted by Gasteiger charge is -2.33. The molecule has 0 aliphatic heterocycles. The van der Waals surface area contributed by atoms with Crippen molar-refractivity contribution < 1.29 is 14.3 Å². The highest BCUT2D eigenvalue weighted by atomic mass is 19.1. The van der Waals surface area contributed by atoms with Gasteiger partial charge < -0.3 is 5.11 Å². The summed E-state index contributed by atoms with van der Waals surface area (Å²) in [6, 6.07) is 4.27. The van der Waals surface area contributed by atoms with Crippen LogP contribution in [0.25, 0.3) is 0 Å². The quantitative estimate of drug-likeness (QED) is 0.818. The molecule has 0 spiro atoms. The van der Waals surface area contributed by atoms with E-state index in [0.717, 1.165) is 12.8 Å². The Balaban J connectivity index is 2.22. The minimum Gasteiger partial charge on any atom is -0.382 e. The number of carbonyl (C=O) groups is 1. The number of carbonyl (C=O) groups excluding carboxylic acids is 1. The molecule has 1 saturated carbocycles. The Morgan fingerprint density at radius 3 is 2.56 bits per heavy atom. The van der Waals surface area contributed by atoms with E-state index in [0.29, 0.717) is 29.9 Å². The van der Waals surface area contributed by atoms with Gasteiger partial charge in [-0.3, -0.25) is 4.79 Å². The molecule has 2 rings (SSSR count). The minimum atomic E-state index is -1.25. The summed E-state index contributed by atoms with van der Waals surface area (Å²) in [5.74, 6) is -0.0265. The maximum atomic E-state index is 13.2. The van der Waals surface area contributed by atoms with Crippen molar-refractivity contribution >= 4 is 5.78 Å². The van der Waals surface area contributed by atoms with Crippen molar-refractivity contribution in [2.45, 2.75) is 45.1 Å². The van der Waals surface area contributed by atoms with Gasteiger partial charge in [-0.05, 0) is 62.3 Å². The predicted molar refractivity (Wildman–Crippen MR) is 68.0 cm³/mol. The van der Waals surface area contributed by atoms with Crippen molar-refractivity contribution in [2.24, 2.45) is 5.92 Å². The van der Waals surface area contributed by atoms with Crippen LogP contribution in [0.3, 0.4) is 0 Å². The van der Waals surface area contributed by atoms with Crippen LogP contribution in [-0.4, -0.2) is 16.5 Å². The molecule has 0 atom stereocenters. The number of halogens is 1. The fraction of sp³-hybridized carbons (Fsp3) is 0.533.